The van der Waals surface area contributed by atoms with Crippen LogP contribution in [0, 0.1) is 0 Å². The number of aromatic nitrogens is 2. The van der Waals surface area contributed by atoms with Gasteiger partial charge < -0.3 is 4.98 Å². The Morgan fingerprint density at radius 2 is 1.29 bits per heavy atom. The molecular weight excluding hydrogens is 256 g/mol. The number of benzene rings is 2. The van der Waals surface area contributed by atoms with Crippen molar-refractivity contribution in [2.24, 2.45) is 0 Å². The topological polar surface area (TPSA) is 28.7 Å². The van der Waals surface area contributed by atoms with Crippen molar-refractivity contribution >= 4 is 0 Å². The van der Waals surface area contributed by atoms with Crippen LogP contribution in [0.25, 0.3) is 22.6 Å². The summed E-state index contributed by atoms with van der Waals surface area (Å²) in [5.41, 5.74) is 4.51. The van der Waals surface area contributed by atoms with E-state index in [2.05, 4.69) is 62.2 Å². The Hall–Kier alpha value is -2.35. The minimum atomic E-state index is 0.0191. The molecule has 3 aromatic rings. The number of nitrogens with zero attached hydrogens (tertiary/aromatic N) is 1. The van der Waals surface area contributed by atoms with Gasteiger partial charge in [-0.05, 0) is 0 Å². The minimum absolute atomic E-state index is 0.0191. The Morgan fingerprint density at radius 3 is 1.81 bits per heavy atom. The molecule has 1 aromatic heterocycles. The van der Waals surface area contributed by atoms with Crippen LogP contribution in [0.4, 0.5) is 0 Å². The van der Waals surface area contributed by atoms with Gasteiger partial charge in [-0.2, -0.15) is 0 Å². The van der Waals surface area contributed by atoms with Gasteiger partial charge in [0.15, 0.2) is 0 Å². The van der Waals surface area contributed by atoms with Crippen molar-refractivity contribution in [3.63, 3.8) is 0 Å². The van der Waals surface area contributed by atoms with E-state index in [1.54, 1.807) is 0 Å². The molecule has 0 fully saturated rings. The van der Waals surface area contributed by atoms with Gasteiger partial charge in [0.05, 0.1) is 5.69 Å². The van der Waals surface area contributed by atoms with Crippen molar-refractivity contribution in [2.45, 2.75) is 26.2 Å². The van der Waals surface area contributed by atoms with Crippen molar-refractivity contribution in [2.75, 3.05) is 0 Å². The molecule has 1 heterocycles. The van der Waals surface area contributed by atoms with E-state index in [0.717, 1.165) is 22.6 Å². The molecule has 106 valence electrons. The highest BCUT2D eigenvalue weighted by atomic mass is 14.9. The molecular formula is C19H20N2. The summed E-state index contributed by atoms with van der Waals surface area (Å²) >= 11 is 0. The van der Waals surface area contributed by atoms with Crippen LogP contribution >= 0.6 is 0 Å². The van der Waals surface area contributed by atoms with Crippen LogP contribution in [0.3, 0.4) is 0 Å². The van der Waals surface area contributed by atoms with Crippen LogP contribution in [0.2, 0.25) is 0 Å². The molecule has 0 bridgehead atoms. The number of hydrogen-bond acceptors (Lipinski definition) is 1. The van der Waals surface area contributed by atoms with E-state index >= 15 is 0 Å². The first-order chi connectivity index (χ1) is 10.1. The first kappa shape index (κ1) is 13.6. The van der Waals surface area contributed by atoms with Gasteiger partial charge in [0.2, 0.25) is 0 Å². The summed E-state index contributed by atoms with van der Waals surface area (Å²) in [5.74, 6) is 0.930. The van der Waals surface area contributed by atoms with Gasteiger partial charge >= 0.3 is 0 Å². The molecule has 3 rings (SSSR count). The van der Waals surface area contributed by atoms with Crippen LogP contribution in [0.5, 0.6) is 0 Å². The molecule has 0 aliphatic carbocycles. The fourth-order valence-corrected chi connectivity index (χ4v) is 2.45. The summed E-state index contributed by atoms with van der Waals surface area (Å²) in [7, 11) is 0. The first-order valence-corrected chi connectivity index (χ1v) is 7.27. The predicted molar refractivity (Wildman–Crippen MR) is 88.2 cm³/mol. The van der Waals surface area contributed by atoms with Gasteiger partial charge in [0.1, 0.15) is 5.82 Å². The zero-order chi connectivity index (χ0) is 14.9. The molecule has 0 saturated carbocycles. The lowest BCUT2D eigenvalue weighted by atomic mass is 9.89. The highest BCUT2D eigenvalue weighted by molar-refractivity contribution is 5.68. The van der Waals surface area contributed by atoms with Gasteiger partial charge in [-0.1, -0.05) is 81.4 Å². The molecule has 2 aromatic carbocycles. The summed E-state index contributed by atoms with van der Waals surface area (Å²) < 4.78 is 0. The second kappa shape index (κ2) is 5.21. The van der Waals surface area contributed by atoms with Crippen molar-refractivity contribution in [1.82, 2.24) is 9.97 Å². The molecule has 0 radical (unpaired) electrons. The van der Waals surface area contributed by atoms with Gasteiger partial charge in [-0.3, -0.25) is 0 Å². The summed E-state index contributed by atoms with van der Waals surface area (Å²) in [5, 5.41) is 0. The maximum Gasteiger partial charge on any atom is 0.138 e. The Labute approximate surface area is 125 Å². The number of nitrogens with one attached hydrogen (secondary N) is 1. The van der Waals surface area contributed by atoms with E-state index in [1.807, 2.05) is 24.3 Å². The molecule has 0 aliphatic rings. The molecule has 0 unspecified atom stereocenters. The quantitative estimate of drug-likeness (QED) is 0.697. The maximum atomic E-state index is 4.86. The lowest BCUT2D eigenvalue weighted by molar-refractivity contribution is 0.574. The first-order valence-electron chi connectivity index (χ1n) is 7.27. The molecule has 2 heteroatoms. The summed E-state index contributed by atoms with van der Waals surface area (Å²) in [6.07, 6.45) is 0. The maximum absolute atomic E-state index is 4.86. The van der Waals surface area contributed by atoms with E-state index in [4.69, 9.17) is 4.98 Å². The number of H-pyrrole nitrogens is 1. The Balaban J connectivity index is 2.17. The number of imidazole rings is 1. The van der Waals surface area contributed by atoms with Crippen LogP contribution in [0.15, 0.2) is 60.7 Å². The van der Waals surface area contributed by atoms with E-state index in [9.17, 15) is 0 Å². The second-order valence-electron chi connectivity index (χ2n) is 6.29. The lowest BCUT2D eigenvalue weighted by Crippen LogP contribution is -2.13. The van der Waals surface area contributed by atoms with Crippen molar-refractivity contribution < 1.29 is 0 Å². The average molecular weight is 276 g/mol. The fraction of sp³-hybridized carbons (Fsp3) is 0.211. The molecule has 21 heavy (non-hydrogen) atoms. The zero-order valence-electron chi connectivity index (χ0n) is 12.7. The molecule has 0 saturated heterocycles. The SMILES string of the molecule is CC(C)(C)c1[nH]c(-c2ccccc2)nc1-c1ccccc1. The van der Waals surface area contributed by atoms with Crippen LogP contribution < -0.4 is 0 Å². The number of aromatic amines is 1. The summed E-state index contributed by atoms with van der Waals surface area (Å²) in [6.45, 7) is 6.63. The van der Waals surface area contributed by atoms with Gasteiger partial charge in [-0.15, -0.1) is 0 Å². The summed E-state index contributed by atoms with van der Waals surface area (Å²) in [4.78, 5) is 8.39. The van der Waals surface area contributed by atoms with Gasteiger partial charge in [0, 0.05) is 22.2 Å². The predicted octanol–water partition coefficient (Wildman–Crippen LogP) is 5.04. The monoisotopic (exact) mass is 276 g/mol. The zero-order valence-corrected chi connectivity index (χ0v) is 12.7. The van der Waals surface area contributed by atoms with E-state index in [0.29, 0.717) is 0 Å². The Kier molecular flexibility index (Phi) is 3.38. The average Bonchev–Trinajstić information content (AvgIpc) is 2.94. The number of rotatable bonds is 2. The normalized spacial score (nSPS) is 11.6. The second-order valence-corrected chi connectivity index (χ2v) is 6.29. The smallest absolute Gasteiger partial charge is 0.138 e. The van der Waals surface area contributed by atoms with E-state index in [1.165, 1.54) is 5.69 Å². The minimum Gasteiger partial charge on any atom is -0.341 e. The third-order valence-electron chi connectivity index (χ3n) is 3.55. The molecule has 2 nitrogen and oxygen atoms in total. The largest absolute Gasteiger partial charge is 0.341 e. The lowest BCUT2D eigenvalue weighted by Gasteiger charge is -2.18. The standard InChI is InChI=1S/C19H20N2/c1-19(2,3)17-16(14-10-6-4-7-11-14)20-18(21-17)15-12-8-5-9-13-15/h4-13H,1-3H3,(H,20,21). The Bertz CT molecular complexity index is 719. The molecule has 0 amide bonds. The number of hydrogen-bond donors (Lipinski definition) is 1. The van der Waals surface area contributed by atoms with Gasteiger partial charge in [0.25, 0.3) is 0 Å². The van der Waals surface area contributed by atoms with Crippen molar-refractivity contribution in [3.05, 3.63) is 66.4 Å². The molecule has 0 atom stereocenters. The van der Waals surface area contributed by atoms with Crippen LogP contribution in [-0.2, 0) is 5.41 Å². The van der Waals surface area contributed by atoms with E-state index < -0.39 is 0 Å². The highest BCUT2D eigenvalue weighted by Crippen LogP contribution is 2.33. The molecule has 0 aliphatic heterocycles. The van der Waals surface area contributed by atoms with Crippen LogP contribution in [0.1, 0.15) is 26.5 Å². The summed E-state index contributed by atoms with van der Waals surface area (Å²) in [6, 6.07) is 20.6. The molecule has 1 N–H and O–H groups in total. The third-order valence-corrected chi connectivity index (χ3v) is 3.55. The highest BCUT2D eigenvalue weighted by Gasteiger charge is 2.23. The molecule has 0 spiro atoms. The van der Waals surface area contributed by atoms with Gasteiger partial charge in [-0.25, -0.2) is 4.98 Å². The van der Waals surface area contributed by atoms with Crippen molar-refractivity contribution in [3.8, 4) is 22.6 Å². The van der Waals surface area contributed by atoms with Crippen molar-refractivity contribution in [1.29, 1.82) is 0 Å². The van der Waals surface area contributed by atoms with Crippen LogP contribution in [-0.4, -0.2) is 9.97 Å². The third kappa shape index (κ3) is 2.75. The van der Waals surface area contributed by atoms with E-state index in [-0.39, 0.29) is 5.41 Å². The Morgan fingerprint density at radius 1 is 0.762 bits per heavy atom. The fourth-order valence-electron chi connectivity index (χ4n) is 2.45.